The monoisotopic (exact) mass is 392 g/mol. The van der Waals surface area contributed by atoms with Gasteiger partial charge in [-0.2, -0.15) is 0 Å². The van der Waals surface area contributed by atoms with Crippen molar-refractivity contribution in [1.29, 1.82) is 0 Å². The Balaban J connectivity index is 0.00000163. The minimum absolute atomic E-state index is 0.0530. The summed E-state index contributed by atoms with van der Waals surface area (Å²) in [5.41, 5.74) is 0.616. The molecule has 26 heavy (non-hydrogen) atoms. The van der Waals surface area contributed by atoms with E-state index in [1.54, 1.807) is 6.92 Å². The Morgan fingerprint density at radius 1 is 1.23 bits per heavy atom. The van der Waals surface area contributed by atoms with Gasteiger partial charge in [-0.05, 0) is 24.6 Å². The second-order valence-corrected chi connectivity index (χ2v) is 4.99. The molecule has 0 saturated carbocycles. The topological polar surface area (TPSA) is 74.5 Å². The highest BCUT2D eigenvalue weighted by molar-refractivity contribution is 6.31. The van der Waals surface area contributed by atoms with E-state index in [1.807, 2.05) is 13.8 Å². The van der Waals surface area contributed by atoms with Crippen LogP contribution in [0.25, 0.3) is 11.3 Å². The van der Waals surface area contributed by atoms with Crippen LogP contribution >= 0.6 is 11.6 Å². The Bertz CT molecular complexity index is 798. The summed E-state index contributed by atoms with van der Waals surface area (Å²) in [5.74, 6) is -0.411. The van der Waals surface area contributed by atoms with Gasteiger partial charge in [-0.25, -0.2) is 4.98 Å². The number of methoxy groups -OCH3 is 1. The minimum atomic E-state index is -4.84. The fourth-order valence-corrected chi connectivity index (χ4v) is 2.25. The molecule has 2 aromatic rings. The smallest absolute Gasteiger partial charge is 0.496 e. The summed E-state index contributed by atoms with van der Waals surface area (Å²) in [6.45, 7) is 5.56. The Labute approximate surface area is 152 Å². The number of benzene rings is 1. The lowest BCUT2D eigenvalue weighted by Crippen LogP contribution is -2.17. The maximum atomic E-state index is 12.3. The predicted molar refractivity (Wildman–Crippen MR) is 90.7 cm³/mol. The maximum Gasteiger partial charge on any atom is 0.573 e. The molecule has 0 bridgehead atoms. The molecular weight excluding hydrogens is 377 g/mol. The van der Waals surface area contributed by atoms with Crippen LogP contribution < -0.4 is 9.47 Å². The molecule has 0 fully saturated rings. The van der Waals surface area contributed by atoms with Crippen molar-refractivity contribution in [3.05, 3.63) is 45.1 Å². The Morgan fingerprint density at radius 2 is 1.85 bits per heavy atom. The summed E-state index contributed by atoms with van der Waals surface area (Å²) >= 11 is 5.79. The average Bonchev–Trinajstić information content (AvgIpc) is 2.56. The SMILES string of the molecule is CC.COc1cc(OC(F)(F)F)ccc1-c1nc(Cl)c([N+](=O)[O-])cc1C. The summed E-state index contributed by atoms with van der Waals surface area (Å²) < 4.78 is 45.7. The van der Waals surface area contributed by atoms with E-state index in [0.717, 1.165) is 12.1 Å². The number of aromatic nitrogens is 1. The zero-order valence-electron chi connectivity index (χ0n) is 14.3. The number of pyridine rings is 1. The lowest BCUT2D eigenvalue weighted by Gasteiger charge is -2.14. The van der Waals surface area contributed by atoms with Crippen molar-refractivity contribution in [3.8, 4) is 22.8 Å². The first-order valence-corrected chi connectivity index (χ1v) is 7.76. The number of rotatable bonds is 4. The Morgan fingerprint density at radius 3 is 2.35 bits per heavy atom. The van der Waals surface area contributed by atoms with Crippen molar-refractivity contribution in [2.24, 2.45) is 0 Å². The number of hydrogen-bond donors (Lipinski definition) is 0. The van der Waals surface area contributed by atoms with Crippen molar-refractivity contribution in [2.45, 2.75) is 27.1 Å². The van der Waals surface area contributed by atoms with Gasteiger partial charge in [0.1, 0.15) is 11.5 Å². The summed E-state index contributed by atoms with van der Waals surface area (Å²) in [7, 11) is 1.26. The van der Waals surface area contributed by atoms with E-state index in [-0.39, 0.29) is 22.3 Å². The van der Waals surface area contributed by atoms with Crippen LogP contribution in [-0.2, 0) is 0 Å². The van der Waals surface area contributed by atoms with E-state index >= 15 is 0 Å². The van der Waals surface area contributed by atoms with E-state index in [0.29, 0.717) is 11.1 Å². The summed E-state index contributed by atoms with van der Waals surface area (Å²) in [6.07, 6.45) is -4.84. The first-order chi connectivity index (χ1) is 12.1. The molecule has 0 atom stereocenters. The van der Waals surface area contributed by atoms with Gasteiger partial charge >= 0.3 is 12.0 Å². The lowest BCUT2D eigenvalue weighted by atomic mass is 10.1. The van der Waals surface area contributed by atoms with Crippen LogP contribution in [0.2, 0.25) is 5.15 Å². The van der Waals surface area contributed by atoms with Crippen LogP contribution in [0.15, 0.2) is 24.3 Å². The summed E-state index contributed by atoms with van der Waals surface area (Å²) in [4.78, 5) is 14.1. The molecule has 1 aromatic heterocycles. The van der Waals surface area contributed by atoms with Crippen LogP contribution in [0.4, 0.5) is 18.9 Å². The third kappa shape index (κ3) is 5.22. The lowest BCUT2D eigenvalue weighted by molar-refractivity contribution is -0.385. The van der Waals surface area contributed by atoms with Crippen molar-refractivity contribution >= 4 is 17.3 Å². The minimum Gasteiger partial charge on any atom is -0.496 e. The molecule has 0 aliphatic heterocycles. The van der Waals surface area contributed by atoms with E-state index in [9.17, 15) is 23.3 Å². The van der Waals surface area contributed by atoms with Gasteiger partial charge in [0.15, 0.2) is 0 Å². The van der Waals surface area contributed by atoms with Crippen molar-refractivity contribution in [1.82, 2.24) is 4.98 Å². The molecule has 142 valence electrons. The van der Waals surface area contributed by atoms with Gasteiger partial charge in [0.05, 0.1) is 17.7 Å². The average molecular weight is 393 g/mol. The first-order valence-electron chi connectivity index (χ1n) is 7.38. The number of hydrogen-bond acceptors (Lipinski definition) is 5. The predicted octanol–water partition coefficient (Wildman–Crippen LogP) is 5.55. The van der Waals surface area contributed by atoms with Gasteiger partial charge in [-0.3, -0.25) is 10.1 Å². The fraction of sp³-hybridized carbons (Fsp3) is 0.312. The second kappa shape index (κ2) is 8.70. The molecule has 0 saturated heterocycles. The second-order valence-electron chi connectivity index (χ2n) is 4.63. The fourth-order valence-electron chi connectivity index (χ4n) is 2.04. The Hall–Kier alpha value is -2.55. The van der Waals surface area contributed by atoms with E-state index in [2.05, 4.69) is 9.72 Å². The van der Waals surface area contributed by atoms with Crippen LogP contribution in [-0.4, -0.2) is 23.4 Å². The van der Waals surface area contributed by atoms with Crippen LogP contribution in [0.1, 0.15) is 19.4 Å². The van der Waals surface area contributed by atoms with Gasteiger partial charge < -0.3 is 9.47 Å². The third-order valence-corrected chi connectivity index (χ3v) is 3.28. The van der Waals surface area contributed by atoms with Gasteiger partial charge in [0, 0.05) is 17.7 Å². The summed E-state index contributed by atoms with van der Waals surface area (Å²) in [6, 6.07) is 4.66. The largest absolute Gasteiger partial charge is 0.573 e. The molecule has 6 nitrogen and oxygen atoms in total. The van der Waals surface area contributed by atoms with Crippen LogP contribution in [0.3, 0.4) is 0 Å². The molecule has 1 aromatic carbocycles. The molecule has 0 radical (unpaired) electrons. The molecular formula is C16H16ClF3N2O4. The molecule has 0 aliphatic carbocycles. The third-order valence-electron chi connectivity index (χ3n) is 3.01. The van der Waals surface area contributed by atoms with E-state index in [4.69, 9.17) is 16.3 Å². The maximum absolute atomic E-state index is 12.3. The highest BCUT2D eigenvalue weighted by Gasteiger charge is 2.31. The zero-order valence-corrected chi connectivity index (χ0v) is 15.1. The van der Waals surface area contributed by atoms with Crippen LogP contribution in [0.5, 0.6) is 11.5 Å². The first kappa shape index (κ1) is 21.5. The molecule has 0 aliphatic rings. The van der Waals surface area contributed by atoms with Crippen molar-refractivity contribution < 1.29 is 27.6 Å². The number of nitro groups is 1. The normalized spacial score (nSPS) is 10.6. The summed E-state index contributed by atoms with van der Waals surface area (Å²) in [5, 5.41) is 10.5. The zero-order chi connectivity index (χ0) is 20.1. The van der Waals surface area contributed by atoms with Crippen molar-refractivity contribution in [3.63, 3.8) is 0 Å². The molecule has 0 spiro atoms. The van der Waals surface area contributed by atoms with Gasteiger partial charge in [0.2, 0.25) is 5.15 Å². The highest BCUT2D eigenvalue weighted by atomic mass is 35.5. The molecule has 0 N–H and O–H groups in total. The highest BCUT2D eigenvalue weighted by Crippen LogP contribution is 2.37. The molecule has 10 heteroatoms. The van der Waals surface area contributed by atoms with Gasteiger partial charge in [0.25, 0.3) is 0 Å². The van der Waals surface area contributed by atoms with Crippen molar-refractivity contribution in [2.75, 3.05) is 7.11 Å². The molecule has 0 amide bonds. The van der Waals surface area contributed by atoms with Gasteiger partial charge in [-0.1, -0.05) is 25.4 Å². The molecule has 1 heterocycles. The number of nitrogens with zero attached hydrogens (tertiary/aromatic N) is 2. The number of aryl methyl sites for hydroxylation is 1. The Kier molecular flexibility index (Phi) is 7.19. The van der Waals surface area contributed by atoms with Gasteiger partial charge in [-0.15, -0.1) is 13.2 Å². The van der Waals surface area contributed by atoms with E-state index in [1.165, 1.54) is 19.2 Å². The quantitative estimate of drug-likeness (QED) is 0.387. The van der Waals surface area contributed by atoms with E-state index < -0.39 is 17.0 Å². The number of halogens is 4. The number of ether oxygens (including phenoxy) is 2. The molecule has 0 unspecified atom stereocenters. The number of alkyl halides is 3. The molecule has 2 rings (SSSR count). The standard InChI is InChI=1S/C14H10ClF3N2O4.C2H6/c1-7-5-10(20(21)22)13(15)19-12(7)9-4-3-8(6-11(9)23-2)24-14(16,17)18;1-2/h3-6H,1-2H3;1-2H3. The van der Waals surface area contributed by atoms with Crippen LogP contribution in [0, 0.1) is 17.0 Å².